The smallest absolute Gasteiger partial charge is 0.0910 e. The predicted molar refractivity (Wildman–Crippen MR) is 156 cm³/mol. The van der Waals surface area contributed by atoms with Gasteiger partial charge in [0.25, 0.3) is 0 Å². The van der Waals surface area contributed by atoms with Gasteiger partial charge in [0.15, 0.2) is 12.7 Å². The maximum absolute atomic E-state index is 4.97. The van der Waals surface area contributed by atoms with Crippen LogP contribution < -0.4 is 0 Å². The molecule has 2 nitrogen and oxygen atoms in total. The van der Waals surface area contributed by atoms with Gasteiger partial charge in [0, 0.05) is 6.08 Å². The SMILES string of the molecule is CCCCCCc1cc(C=C[N+](CC)=Nc2cc(CC)cc(CCCC)c2)ccc1-c1ccccc1. The molecule has 0 aliphatic heterocycles. The van der Waals surface area contributed by atoms with Crippen LogP contribution in [0.4, 0.5) is 5.69 Å². The zero-order valence-electron chi connectivity index (χ0n) is 23.0. The molecule has 3 aromatic carbocycles. The van der Waals surface area contributed by atoms with E-state index in [-0.39, 0.29) is 0 Å². The zero-order valence-corrected chi connectivity index (χ0v) is 23.0. The highest BCUT2D eigenvalue weighted by Gasteiger charge is 2.08. The molecule has 190 valence electrons. The van der Waals surface area contributed by atoms with E-state index >= 15 is 0 Å². The summed E-state index contributed by atoms with van der Waals surface area (Å²) in [4.78, 5) is 0. The van der Waals surface area contributed by atoms with Gasteiger partial charge in [-0.25, -0.2) is 0 Å². The monoisotopic (exact) mass is 481 g/mol. The molecule has 0 radical (unpaired) electrons. The summed E-state index contributed by atoms with van der Waals surface area (Å²) < 4.78 is 2.06. The number of hydrogen-bond acceptors (Lipinski definition) is 1. The molecular weight excluding hydrogens is 436 g/mol. The van der Waals surface area contributed by atoms with Crippen molar-refractivity contribution in [2.24, 2.45) is 5.11 Å². The summed E-state index contributed by atoms with van der Waals surface area (Å²) in [5, 5.41) is 4.97. The summed E-state index contributed by atoms with van der Waals surface area (Å²) in [6, 6.07) is 24.5. The van der Waals surface area contributed by atoms with Gasteiger partial charge in [0.1, 0.15) is 5.69 Å². The van der Waals surface area contributed by atoms with Gasteiger partial charge in [-0.15, -0.1) is 0 Å². The molecule has 2 heteroatoms. The Balaban J connectivity index is 1.85. The van der Waals surface area contributed by atoms with Gasteiger partial charge in [-0.05, 0) is 89.7 Å². The number of nitrogens with zero attached hydrogens (tertiary/aromatic N) is 2. The molecule has 0 aliphatic carbocycles. The highest BCUT2D eigenvalue weighted by molar-refractivity contribution is 5.69. The first-order valence-corrected chi connectivity index (χ1v) is 14.1. The lowest BCUT2D eigenvalue weighted by molar-refractivity contribution is -0.519. The molecule has 0 atom stereocenters. The first-order chi connectivity index (χ1) is 17.7. The van der Waals surface area contributed by atoms with Crippen molar-refractivity contribution in [3.8, 4) is 11.1 Å². The lowest BCUT2D eigenvalue weighted by Gasteiger charge is -2.11. The summed E-state index contributed by atoms with van der Waals surface area (Å²) in [7, 11) is 0. The molecule has 0 spiro atoms. The van der Waals surface area contributed by atoms with Gasteiger partial charge >= 0.3 is 0 Å². The molecule has 0 amide bonds. The fraction of sp³-hybridized carbons (Fsp3) is 0.412. The summed E-state index contributed by atoms with van der Waals surface area (Å²) in [5.74, 6) is 0. The van der Waals surface area contributed by atoms with Crippen LogP contribution in [0.1, 0.15) is 88.5 Å². The van der Waals surface area contributed by atoms with E-state index in [0.717, 1.165) is 31.5 Å². The third kappa shape index (κ3) is 8.59. The highest BCUT2D eigenvalue weighted by atomic mass is 15.2. The Bertz CT molecular complexity index is 1130. The van der Waals surface area contributed by atoms with Crippen molar-refractivity contribution in [2.75, 3.05) is 6.54 Å². The van der Waals surface area contributed by atoms with Crippen molar-refractivity contribution in [1.29, 1.82) is 0 Å². The lowest BCUT2D eigenvalue weighted by atomic mass is 9.94. The van der Waals surface area contributed by atoms with E-state index < -0.39 is 0 Å². The number of rotatable bonds is 14. The Kier molecular flexibility index (Phi) is 11.6. The molecule has 0 unspecified atom stereocenters. The van der Waals surface area contributed by atoms with Gasteiger partial charge in [-0.3, -0.25) is 0 Å². The second kappa shape index (κ2) is 15.2. The first kappa shape index (κ1) is 27.6. The van der Waals surface area contributed by atoms with Crippen LogP contribution in [-0.4, -0.2) is 11.2 Å². The number of unbranched alkanes of at least 4 members (excludes halogenated alkanes) is 4. The van der Waals surface area contributed by atoms with Crippen LogP contribution in [0.2, 0.25) is 0 Å². The lowest BCUT2D eigenvalue weighted by Crippen LogP contribution is -1.99. The van der Waals surface area contributed by atoms with E-state index in [0.29, 0.717) is 0 Å². The fourth-order valence-corrected chi connectivity index (χ4v) is 4.63. The van der Waals surface area contributed by atoms with Gasteiger partial charge in [-0.2, -0.15) is 0 Å². The first-order valence-electron chi connectivity index (χ1n) is 14.1. The molecule has 0 heterocycles. The standard InChI is InChI=1S/C34H45N2/c1-5-9-11-13-19-32-25-29(20-21-34(32)31-17-14-12-15-18-31)22-23-36(8-4)35-33-26-28(7-3)24-30(27-33)16-10-6-2/h12,14-15,17-18,20-27H,5-11,13,16,19H2,1-4H3/q+1. The highest BCUT2D eigenvalue weighted by Crippen LogP contribution is 2.27. The molecule has 3 aromatic rings. The van der Waals surface area contributed by atoms with Crippen molar-refractivity contribution in [1.82, 2.24) is 0 Å². The van der Waals surface area contributed by atoms with Crippen molar-refractivity contribution < 1.29 is 4.70 Å². The van der Waals surface area contributed by atoms with Crippen LogP contribution in [0.3, 0.4) is 0 Å². The number of hydrogen-bond donors (Lipinski definition) is 0. The number of aryl methyl sites for hydroxylation is 3. The van der Waals surface area contributed by atoms with Crippen molar-refractivity contribution >= 4 is 11.8 Å². The molecule has 0 fully saturated rings. The van der Waals surface area contributed by atoms with E-state index in [9.17, 15) is 0 Å². The zero-order chi connectivity index (χ0) is 25.6. The van der Waals surface area contributed by atoms with E-state index in [4.69, 9.17) is 5.11 Å². The van der Waals surface area contributed by atoms with E-state index in [1.165, 1.54) is 71.9 Å². The molecule has 0 saturated carbocycles. The van der Waals surface area contributed by atoms with Gasteiger partial charge in [-0.1, -0.05) is 106 Å². The Hall–Kier alpha value is -3.00. The Labute approximate surface area is 219 Å². The Morgan fingerprint density at radius 3 is 2.22 bits per heavy atom. The second-order valence-electron chi connectivity index (χ2n) is 9.73. The number of azo groups is 2. The molecule has 0 aliphatic rings. The van der Waals surface area contributed by atoms with Crippen LogP contribution in [0.5, 0.6) is 0 Å². The number of benzene rings is 3. The van der Waals surface area contributed by atoms with Crippen LogP contribution in [-0.2, 0) is 19.3 Å². The molecular formula is C34H45N2+. The molecule has 0 N–H and O–H groups in total. The molecule has 0 aromatic heterocycles. The summed E-state index contributed by atoms with van der Waals surface area (Å²) in [5.41, 5.74) is 9.17. The molecule has 3 rings (SSSR count). The topological polar surface area (TPSA) is 15.4 Å². The van der Waals surface area contributed by atoms with Gasteiger partial charge < -0.3 is 0 Å². The predicted octanol–water partition coefficient (Wildman–Crippen LogP) is 10.2. The Morgan fingerprint density at radius 2 is 1.50 bits per heavy atom. The third-order valence-corrected chi connectivity index (χ3v) is 6.79. The minimum Gasteiger partial charge on any atom is -0.0910 e. The minimum atomic E-state index is 0.836. The minimum absolute atomic E-state index is 0.836. The molecule has 0 saturated heterocycles. The van der Waals surface area contributed by atoms with Gasteiger partial charge in [0.05, 0.1) is 0 Å². The largest absolute Gasteiger partial charge is 0.196 e. The summed E-state index contributed by atoms with van der Waals surface area (Å²) in [6.07, 6.45) is 15.2. The average molecular weight is 482 g/mol. The van der Waals surface area contributed by atoms with Crippen LogP contribution in [0, 0.1) is 0 Å². The molecule has 36 heavy (non-hydrogen) atoms. The van der Waals surface area contributed by atoms with E-state index in [1.54, 1.807) is 0 Å². The van der Waals surface area contributed by atoms with Crippen molar-refractivity contribution in [2.45, 2.75) is 85.5 Å². The van der Waals surface area contributed by atoms with Crippen molar-refractivity contribution in [3.05, 3.63) is 95.2 Å². The van der Waals surface area contributed by atoms with Crippen molar-refractivity contribution in [3.63, 3.8) is 0 Å². The average Bonchev–Trinajstić information content (AvgIpc) is 2.92. The van der Waals surface area contributed by atoms with E-state index in [1.807, 2.05) is 0 Å². The molecule has 0 bridgehead atoms. The maximum atomic E-state index is 4.97. The second-order valence-corrected chi connectivity index (χ2v) is 9.73. The third-order valence-electron chi connectivity index (χ3n) is 6.79. The Morgan fingerprint density at radius 1 is 0.722 bits per heavy atom. The maximum Gasteiger partial charge on any atom is 0.196 e. The van der Waals surface area contributed by atoms with Crippen LogP contribution >= 0.6 is 0 Å². The van der Waals surface area contributed by atoms with Crippen LogP contribution in [0.15, 0.2) is 78.0 Å². The quantitative estimate of drug-likeness (QED) is 0.124. The van der Waals surface area contributed by atoms with Gasteiger partial charge in [0.2, 0.25) is 0 Å². The van der Waals surface area contributed by atoms with Crippen LogP contribution in [0.25, 0.3) is 17.2 Å². The normalized spacial score (nSPS) is 11.9. The van der Waals surface area contributed by atoms with E-state index in [2.05, 4.69) is 111 Å². The fourth-order valence-electron chi connectivity index (χ4n) is 4.63. The summed E-state index contributed by atoms with van der Waals surface area (Å²) >= 11 is 0. The summed E-state index contributed by atoms with van der Waals surface area (Å²) in [6.45, 7) is 9.74.